The van der Waals surface area contributed by atoms with E-state index in [0.29, 0.717) is 16.8 Å². The summed E-state index contributed by atoms with van der Waals surface area (Å²) in [6, 6.07) is 3.63. The third kappa shape index (κ3) is 6.28. The third-order valence-electron chi connectivity index (χ3n) is 3.10. The molecule has 1 aromatic carbocycles. The number of nitrogens with one attached hydrogen (secondary N) is 1. The maximum absolute atomic E-state index is 13.4. The number of hydrogen-bond donors (Lipinski definition) is 1. The zero-order valence-corrected chi connectivity index (χ0v) is 12.5. The third-order valence-corrected chi connectivity index (χ3v) is 4.45. The average molecular weight is 287 g/mol. The van der Waals surface area contributed by atoms with E-state index in [9.17, 15) is 8.78 Å². The zero-order chi connectivity index (χ0) is 14.1. The van der Waals surface area contributed by atoms with Gasteiger partial charge in [-0.05, 0) is 25.0 Å². The molecule has 1 rings (SSSR count). The fourth-order valence-corrected chi connectivity index (χ4v) is 2.94. The van der Waals surface area contributed by atoms with E-state index < -0.39 is 11.6 Å². The molecule has 4 heteroatoms. The van der Waals surface area contributed by atoms with Crippen LogP contribution in [0.15, 0.2) is 18.2 Å². The van der Waals surface area contributed by atoms with Crippen LogP contribution in [0.4, 0.5) is 14.5 Å². The summed E-state index contributed by atoms with van der Waals surface area (Å²) in [7, 11) is 0. The lowest BCUT2D eigenvalue weighted by atomic mass is 10.1. The number of anilines is 1. The molecule has 0 saturated heterocycles. The molecule has 0 aliphatic rings. The Morgan fingerprint density at radius 1 is 1.21 bits per heavy atom. The first-order chi connectivity index (χ1) is 9.17. The first kappa shape index (κ1) is 16.3. The van der Waals surface area contributed by atoms with Crippen LogP contribution in [0, 0.1) is 11.6 Å². The second kappa shape index (κ2) is 9.18. The van der Waals surface area contributed by atoms with Crippen molar-refractivity contribution >= 4 is 17.4 Å². The van der Waals surface area contributed by atoms with Gasteiger partial charge in [0.15, 0.2) is 0 Å². The molecule has 108 valence electrons. The van der Waals surface area contributed by atoms with Crippen LogP contribution in [0.5, 0.6) is 0 Å². The molecule has 19 heavy (non-hydrogen) atoms. The molecule has 0 aliphatic carbocycles. The van der Waals surface area contributed by atoms with Gasteiger partial charge in [-0.3, -0.25) is 0 Å². The van der Waals surface area contributed by atoms with Gasteiger partial charge in [0.1, 0.15) is 11.6 Å². The predicted octanol–water partition coefficient (Wildman–Crippen LogP) is 5.43. The summed E-state index contributed by atoms with van der Waals surface area (Å²) in [5, 5.41) is 3.63. The topological polar surface area (TPSA) is 12.0 Å². The van der Waals surface area contributed by atoms with Crippen LogP contribution in [0.1, 0.15) is 46.0 Å². The Morgan fingerprint density at radius 3 is 2.63 bits per heavy atom. The second-order valence-corrected chi connectivity index (χ2v) is 5.93. The van der Waals surface area contributed by atoms with Gasteiger partial charge in [-0.2, -0.15) is 0 Å². The van der Waals surface area contributed by atoms with E-state index in [0.717, 1.165) is 12.5 Å². The van der Waals surface area contributed by atoms with Crippen molar-refractivity contribution in [3.8, 4) is 0 Å². The predicted molar refractivity (Wildman–Crippen MR) is 80.7 cm³/mol. The van der Waals surface area contributed by atoms with Gasteiger partial charge in [0.25, 0.3) is 0 Å². The van der Waals surface area contributed by atoms with E-state index in [1.807, 2.05) is 11.8 Å². The molecule has 0 aliphatic heterocycles. The van der Waals surface area contributed by atoms with Crippen LogP contribution in [-0.2, 0) is 0 Å². The number of unbranched alkanes of at least 4 members (excludes halogenated alkanes) is 2. The smallest absolute Gasteiger partial charge is 0.149 e. The molecule has 0 bridgehead atoms. The van der Waals surface area contributed by atoms with Crippen LogP contribution < -0.4 is 5.32 Å². The molecular weight excluding hydrogens is 264 g/mol. The Labute approximate surface area is 119 Å². The molecule has 0 unspecified atom stereocenters. The molecule has 0 spiro atoms. The van der Waals surface area contributed by atoms with Gasteiger partial charge in [0, 0.05) is 11.3 Å². The highest BCUT2D eigenvalue weighted by Gasteiger charge is 2.07. The fourth-order valence-electron chi connectivity index (χ4n) is 1.90. The molecule has 0 heterocycles. The molecule has 1 N–H and O–H groups in total. The van der Waals surface area contributed by atoms with Crippen molar-refractivity contribution in [2.75, 3.05) is 11.2 Å². The van der Waals surface area contributed by atoms with Crippen LogP contribution >= 0.6 is 11.8 Å². The first-order valence-corrected chi connectivity index (χ1v) is 8.02. The number of halogens is 2. The Bertz CT molecular complexity index is 371. The van der Waals surface area contributed by atoms with E-state index in [1.165, 1.54) is 37.8 Å². The molecule has 0 fully saturated rings. The van der Waals surface area contributed by atoms with Crippen molar-refractivity contribution in [2.24, 2.45) is 0 Å². The summed E-state index contributed by atoms with van der Waals surface area (Å²) >= 11 is 1.81. The molecule has 0 radical (unpaired) electrons. The van der Waals surface area contributed by atoms with E-state index in [4.69, 9.17) is 0 Å². The Morgan fingerprint density at radius 2 is 2.00 bits per heavy atom. The molecular formula is C15H23F2NS. The van der Waals surface area contributed by atoms with Gasteiger partial charge in [0.2, 0.25) is 0 Å². The summed E-state index contributed by atoms with van der Waals surface area (Å²) in [5.74, 6) is -0.408. The van der Waals surface area contributed by atoms with Gasteiger partial charge < -0.3 is 5.32 Å². The lowest BCUT2D eigenvalue weighted by Gasteiger charge is -2.15. The minimum Gasteiger partial charge on any atom is -0.374 e. The zero-order valence-electron chi connectivity index (χ0n) is 11.7. The molecule has 1 aromatic rings. The largest absolute Gasteiger partial charge is 0.374 e. The van der Waals surface area contributed by atoms with E-state index >= 15 is 0 Å². The lowest BCUT2D eigenvalue weighted by molar-refractivity contribution is 0.585. The fraction of sp³-hybridized carbons (Fsp3) is 0.600. The van der Waals surface area contributed by atoms with Crippen molar-refractivity contribution in [1.82, 2.24) is 0 Å². The monoisotopic (exact) mass is 287 g/mol. The molecule has 0 saturated carbocycles. The average Bonchev–Trinajstić information content (AvgIpc) is 2.39. The van der Waals surface area contributed by atoms with Gasteiger partial charge >= 0.3 is 0 Å². The van der Waals surface area contributed by atoms with Crippen molar-refractivity contribution in [3.05, 3.63) is 29.8 Å². The van der Waals surface area contributed by atoms with E-state index in [-0.39, 0.29) is 0 Å². The maximum Gasteiger partial charge on any atom is 0.149 e. The number of rotatable bonds is 9. The van der Waals surface area contributed by atoms with Crippen LogP contribution in [0.3, 0.4) is 0 Å². The Balaban J connectivity index is 2.31. The molecule has 0 amide bonds. The SMILES string of the molecule is CCCCC[C@H](CC)SCNc1ccc(F)cc1F. The second-order valence-electron chi connectivity index (χ2n) is 4.64. The highest BCUT2D eigenvalue weighted by molar-refractivity contribution is 7.99. The number of thioether (sulfide) groups is 1. The highest BCUT2D eigenvalue weighted by Crippen LogP contribution is 2.22. The van der Waals surface area contributed by atoms with E-state index in [2.05, 4.69) is 19.2 Å². The molecule has 0 aromatic heterocycles. The van der Waals surface area contributed by atoms with Crippen molar-refractivity contribution in [3.63, 3.8) is 0 Å². The van der Waals surface area contributed by atoms with Gasteiger partial charge in [-0.1, -0.05) is 33.1 Å². The van der Waals surface area contributed by atoms with Crippen molar-refractivity contribution in [2.45, 2.75) is 51.2 Å². The quantitative estimate of drug-likeness (QED) is 0.480. The summed E-state index contributed by atoms with van der Waals surface area (Å²) in [4.78, 5) is 0. The van der Waals surface area contributed by atoms with Gasteiger partial charge in [0.05, 0.1) is 11.6 Å². The van der Waals surface area contributed by atoms with Gasteiger partial charge in [-0.15, -0.1) is 11.8 Å². The molecule has 1 atom stereocenters. The maximum atomic E-state index is 13.4. The number of benzene rings is 1. The summed E-state index contributed by atoms with van der Waals surface area (Å²) < 4.78 is 26.1. The molecule has 1 nitrogen and oxygen atoms in total. The lowest BCUT2D eigenvalue weighted by Crippen LogP contribution is -2.07. The Hall–Kier alpha value is -0.770. The van der Waals surface area contributed by atoms with Crippen LogP contribution in [0.25, 0.3) is 0 Å². The summed E-state index contributed by atoms with van der Waals surface area (Å²) in [6.07, 6.45) is 6.11. The normalized spacial score (nSPS) is 12.4. The van der Waals surface area contributed by atoms with Crippen LogP contribution in [-0.4, -0.2) is 11.1 Å². The minimum absolute atomic E-state index is 0.373. The van der Waals surface area contributed by atoms with Crippen molar-refractivity contribution in [1.29, 1.82) is 0 Å². The van der Waals surface area contributed by atoms with E-state index in [1.54, 1.807) is 0 Å². The number of hydrogen-bond acceptors (Lipinski definition) is 2. The summed E-state index contributed by atoms with van der Waals surface area (Å²) in [5.41, 5.74) is 0.373. The van der Waals surface area contributed by atoms with Crippen molar-refractivity contribution < 1.29 is 8.78 Å². The Kier molecular flexibility index (Phi) is 7.87. The minimum atomic E-state index is -0.540. The highest BCUT2D eigenvalue weighted by atomic mass is 32.2. The van der Waals surface area contributed by atoms with Gasteiger partial charge in [-0.25, -0.2) is 8.78 Å². The summed E-state index contributed by atoms with van der Waals surface area (Å²) in [6.45, 7) is 4.38. The standard InChI is InChI=1S/C15H23F2NS/c1-3-5-6-7-13(4-2)19-11-18-15-9-8-12(16)10-14(15)17/h8-10,13,18H,3-7,11H2,1-2H3/t13-/m0/s1. The first-order valence-electron chi connectivity index (χ1n) is 6.97. The van der Waals surface area contributed by atoms with Crippen LogP contribution in [0.2, 0.25) is 0 Å².